The number of carbonyl (C=O) groups excluding carboxylic acids is 2. The summed E-state index contributed by atoms with van der Waals surface area (Å²) in [5.74, 6) is -2.24. The lowest BCUT2D eigenvalue weighted by Crippen LogP contribution is -2.38. The molecule has 1 aromatic carbocycles. The van der Waals surface area contributed by atoms with Crippen molar-refractivity contribution in [3.05, 3.63) is 35.9 Å². The number of hydrogen-bond donors (Lipinski definition) is 1. The Morgan fingerprint density at radius 3 is 2.53 bits per heavy atom. The largest absolute Gasteiger partial charge is 0.355 e. The van der Waals surface area contributed by atoms with Crippen LogP contribution >= 0.6 is 0 Å². The van der Waals surface area contributed by atoms with Crippen molar-refractivity contribution in [3.8, 4) is 0 Å². The third-order valence-electron chi connectivity index (χ3n) is 3.02. The standard InChI is InChI=1S/C13H13NO4S/c15-12(9-5-2-1-3-6-9)11-10(19(17)18)7-4-8-14-13(11)16/h1-3,5-6,11H,4,7-8H2,(H,14,16). The molecule has 1 aliphatic heterocycles. The van der Waals surface area contributed by atoms with Gasteiger partial charge in [0.15, 0.2) is 5.78 Å². The van der Waals surface area contributed by atoms with E-state index in [1.807, 2.05) is 0 Å². The molecule has 1 amide bonds. The molecule has 100 valence electrons. The summed E-state index contributed by atoms with van der Waals surface area (Å²) in [6, 6.07) is 8.25. The van der Waals surface area contributed by atoms with Gasteiger partial charge in [-0.3, -0.25) is 9.59 Å². The van der Waals surface area contributed by atoms with Crippen molar-refractivity contribution in [3.63, 3.8) is 0 Å². The van der Waals surface area contributed by atoms with Gasteiger partial charge in [0.1, 0.15) is 5.92 Å². The zero-order valence-corrected chi connectivity index (χ0v) is 10.9. The smallest absolute Gasteiger partial charge is 0.236 e. The summed E-state index contributed by atoms with van der Waals surface area (Å²) >= 11 is 0. The Labute approximate surface area is 112 Å². The molecule has 1 unspecified atom stereocenters. The highest BCUT2D eigenvalue weighted by molar-refractivity contribution is 7.73. The quantitative estimate of drug-likeness (QED) is 0.484. The number of ketones is 1. The molecule has 0 aromatic heterocycles. The molecule has 1 aromatic rings. The van der Waals surface area contributed by atoms with Gasteiger partial charge in [-0.1, -0.05) is 30.3 Å². The molecular weight excluding hydrogens is 266 g/mol. The second kappa shape index (κ2) is 5.79. The van der Waals surface area contributed by atoms with E-state index in [1.165, 1.54) is 0 Å². The maximum absolute atomic E-state index is 12.3. The van der Waals surface area contributed by atoms with Crippen molar-refractivity contribution >= 4 is 26.8 Å². The molecule has 2 rings (SSSR count). The summed E-state index contributed by atoms with van der Waals surface area (Å²) in [7, 11) is -2.52. The second-order valence-corrected chi connectivity index (χ2v) is 5.25. The van der Waals surface area contributed by atoms with Crippen LogP contribution in [0.15, 0.2) is 30.3 Å². The fourth-order valence-corrected chi connectivity index (χ4v) is 2.80. The maximum atomic E-state index is 12.3. The highest BCUT2D eigenvalue weighted by Gasteiger charge is 2.34. The lowest BCUT2D eigenvalue weighted by atomic mass is 9.92. The molecule has 5 nitrogen and oxygen atoms in total. The van der Waals surface area contributed by atoms with Gasteiger partial charge in [0.25, 0.3) is 0 Å². The van der Waals surface area contributed by atoms with Crippen LogP contribution in [-0.2, 0) is 15.1 Å². The molecule has 0 aliphatic carbocycles. The fourth-order valence-electron chi connectivity index (χ4n) is 2.08. The van der Waals surface area contributed by atoms with Gasteiger partial charge in [-0.05, 0) is 12.8 Å². The van der Waals surface area contributed by atoms with E-state index in [2.05, 4.69) is 5.32 Å². The predicted molar refractivity (Wildman–Crippen MR) is 70.4 cm³/mol. The van der Waals surface area contributed by atoms with Crippen molar-refractivity contribution in [2.75, 3.05) is 6.54 Å². The highest BCUT2D eigenvalue weighted by atomic mass is 32.2. The lowest BCUT2D eigenvalue weighted by molar-refractivity contribution is -0.121. The Morgan fingerprint density at radius 1 is 1.21 bits per heavy atom. The van der Waals surface area contributed by atoms with E-state index in [0.717, 1.165) is 0 Å². The molecule has 1 saturated heterocycles. The zero-order chi connectivity index (χ0) is 13.8. The minimum Gasteiger partial charge on any atom is -0.355 e. The highest BCUT2D eigenvalue weighted by Crippen LogP contribution is 2.16. The van der Waals surface area contributed by atoms with Gasteiger partial charge in [-0.2, -0.15) is 8.42 Å². The number of hydrogen-bond acceptors (Lipinski definition) is 4. The average molecular weight is 279 g/mol. The molecular formula is C13H13NO4S. The summed E-state index contributed by atoms with van der Waals surface area (Å²) in [5, 5.41) is 2.58. The third-order valence-corrected chi connectivity index (χ3v) is 3.89. The van der Waals surface area contributed by atoms with Crippen LogP contribution in [0.4, 0.5) is 0 Å². The first kappa shape index (κ1) is 13.5. The average Bonchev–Trinajstić information content (AvgIpc) is 2.61. The van der Waals surface area contributed by atoms with Crippen LogP contribution in [0, 0.1) is 5.92 Å². The first-order valence-electron chi connectivity index (χ1n) is 5.93. The van der Waals surface area contributed by atoms with E-state index in [1.54, 1.807) is 30.3 Å². The Balaban J connectivity index is 2.46. The second-order valence-electron chi connectivity index (χ2n) is 4.26. The summed E-state index contributed by atoms with van der Waals surface area (Å²) in [6.07, 6.45) is 0.756. The maximum Gasteiger partial charge on any atom is 0.236 e. The van der Waals surface area contributed by atoms with E-state index in [0.29, 0.717) is 18.5 Å². The Bertz CT molecular complexity index is 626. The van der Waals surface area contributed by atoms with Crippen LogP contribution in [0.3, 0.4) is 0 Å². The molecule has 19 heavy (non-hydrogen) atoms. The van der Waals surface area contributed by atoms with Crippen molar-refractivity contribution in [1.82, 2.24) is 5.32 Å². The number of nitrogens with one attached hydrogen (secondary N) is 1. The topological polar surface area (TPSA) is 80.3 Å². The first-order valence-corrected chi connectivity index (χ1v) is 7.00. The van der Waals surface area contributed by atoms with Gasteiger partial charge < -0.3 is 5.32 Å². The van der Waals surface area contributed by atoms with Crippen LogP contribution in [0.5, 0.6) is 0 Å². The van der Waals surface area contributed by atoms with E-state index in [4.69, 9.17) is 0 Å². The Kier molecular flexibility index (Phi) is 4.11. The Hall–Kier alpha value is -1.95. The minimum absolute atomic E-state index is 0.0242. The zero-order valence-electron chi connectivity index (χ0n) is 10.1. The molecule has 1 aliphatic rings. The Morgan fingerprint density at radius 2 is 1.89 bits per heavy atom. The van der Waals surface area contributed by atoms with Gasteiger partial charge in [0.05, 0.1) is 4.86 Å². The molecule has 6 heteroatoms. The normalized spacial score (nSPS) is 19.5. The minimum atomic E-state index is -2.52. The van der Waals surface area contributed by atoms with Gasteiger partial charge in [0.2, 0.25) is 16.2 Å². The van der Waals surface area contributed by atoms with Crippen LogP contribution in [-0.4, -0.2) is 31.5 Å². The summed E-state index contributed by atoms with van der Waals surface area (Å²) in [6.45, 7) is 0.387. The molecule has 1 atom stereocenters. The molecule has 0 spiro atoms. The monoisotopic (exact) mass is 279 g/mol. The van der Waals surface area contributed by atoms with Gasteiger partial charge in [0, 0.05) is 12.1 Å². The summed E-state index contributed by atoms with van der Waals surface area (Å²) in [4.78, 5) is 24.2. The number of rotatable bonds is 2. The van der Waals surface area contributed by atoms with E-state index < -0.39 is 27.9 Å². The summed E-state index contributed by atoms with van der Waals surface area (Å²) < 4.78 is 22.5. The van der Waals surface area contributed by atoms with Gasteiger partial charge in [-0.15, -0.1) is 0 Å². The molecule has 0 saturated carbocycles. The number of amides is 1. The molecule has 0 bridgehead atoms. The number of carbonyl (C=O) groups is 2. The van der Waals surface area contributed by atoms with Crippen LogP contribution in [0.25, 0.3) is 0 Å². The molecule has 1 heterocycles. The fraction of sp³-hybridized carbons (Fsp3) is 0.308. The first-order chi connectivity index (χ1) is 9.11. The molecule has 1 fully saturated rings. The van der Waals surface area contributed by atoms with Crippen LogP contribution in [0.1, 0.15) is 23.2 Å². The van der Waals surface area contributed by atoms with Crippen molar-refractivity contribution in [2.45, 2.75) is 12.8 Å². The van der Waals surface area contributed by atoms with Gasteiger partial charge in [-0.25, -0.2) is 0 Å². The predicted octanol–water partition coefficient (Wildman–Crippen LogP) is 0.447. The molecule has 1 N–H and O–H groups in total. The van der Waals surface area contributed by atoms with E-state index in [9.17, 15) is 18.0 Å². The summed E-state index contributed by atoms with van der Waals surface area (Å²) in [5.41, 5.74) is 0.340. The SMILES string of the molecule is O=C1NCCCC(=S(=O)=O)C1C(=O)c1ccccc1. The van der Waals surface area contributed by atoms with Crippen molar-refractivity contribution in [2.24, 2.45) is 5.92 Å². The van der Waals surface area contributed by atoms with Gasteiger partial charge >= 0.3 is 0 Å². The number of Topliss-reactive ketones (excluding diaryl/α,β-unsaturated/α-hetero) is 1. The lowest BCUT2D eigenvalue weighted by Gasteiger charge is -2.12. The van der Waals surface area contributed by atoms with Crippen LogP contribution in [0.2, 0.25) is 0 Å². The van der Waals surface area contributed by atoms with E-state index >= 15 is 0 Å². The van der Waals surface area contributed by atoms with Crippen LogP contribution < -0.4 is 5.32 Å². The molecule has 0 radical (unpaired) electrons. The van der Waals surface area contributed by atoms with Crippen molar-refractivity contribution < 1.29 is 18.0 Å². The number of benzene rings is 1. The van der Waals surface area contributed by atoms with E-state index in [-0.39, 0.29) is 11.3 Å². The third kappa shape index (κ3) is 2.90. The van der Waals surface area contributed by atoms with Crippen molar-refractivity contribution in [1.29, 1.82) is 0 Å².